The zero-order valence-electron chi connectivity index (χ0n) is 10.5. The van der Waals surface area contributed by atoms with Gasteiger partial charge in [-0.05, 0) is 30.9 Å². The minimum atomic E-state index is -0.381. The first-order chi connectivity index (χ1) is 8.59. The third kappa shape index (κ3) is 3.81. The molecule has 1 fully saturated rings. The Balaban J connectivity index is 0.00000180. The van der Waals surface area contributed by atoms with Crippen molar-refractivity contribution in [3.8, 4) is 0 Å². The zero-order valence-corrected chi connectivity index (χ0v) is 12.1. The first-order valence-electron chi connectivity index (χ1n) is 6.29. The van der Waals surface area contributed by atoms with Gasteiger partial charge in [-0.1, -0.05) is 30.9 Å². The van der Waals surface area contributed by atoms with Gasteiger partial charge in [0.15, 0.2) is 0 Å². The van der Waals surface area contributed by atoms with Gasteiger partial charge in [-0.3, -0.25) is 10.1 Å². The lowest BCUT2D eigenvalue weighted by Crippen LogP contribution is -2.24. The number of rotatable bonds is 3. The Labute approximate surface area is 123 Å². The van der Waals surface area contributed by atoms with Crippen molar-refractivity contribution in [2.24, 2.45) is 11.7 Å². The highest BCUT2D eigenvalue weighted by Crippen LogP contribution is 2.37. The summed E-state index contributed by atoms with van der Waals surface area (Å²) < 4.78 is 0. The largest absolute Gasteiger partial charge is 0.324 e. The van der Waals surface area contributed by atoms with Crippen LogP contribution < -0.4 is 5.73 Å². The summed E-state index contributed by atoms with van der Waals surface area (Å²) in [5.74, 6) is 0.330. The minimum absolute atomic E-state index is 0. The van der Waals surface area contributed by atoms with Gasteiger partial charge >= 0.3 is 0 Å². The van der Waals surface area contributed by atoms with E-state index >= 15 is 0 Å². The van der Waals surface area contributed by atoms with Gasteiger partial charge < -0.3 is 5.73 Å². The molecule has 4 nitrogen and oxygen atoms in total. The van der Waals surface area contributed by atoms with Crippen LogP contribution in [0.2, 0.25) is 5.02 Å². The van der Waals surface area contributed by atoms with E-state index in [4.69, 9.17) is 17.3 Å². The van der Waals surface area contributed by atoms with Crippen LogP contribution in [0, 0.1) is 16.0 Å². The Hall–Kier alpha value is -0.840. The van der Waals surface area contributed by atoms with Crippen molar-refractivity contribution in [2.75, 3.05) is 0 Å². The van der Waals surface area contributed by atoms with Crippen molar-refractivity contribution < 1.29 is 4.92 Å². The molecule has 1 aromatic carbocycles. The Morgan fingerprint density at radius 1 is 1.32 bits per heavy atom. The molecule has 1 saturated carbocycles. The lowest BCUT2D eigenvalue weighted by Gasteiger charge is -2.27. The fourth-order valence-corrected chi connectivity index (χ4v) is 2.89. The van der Waals surface area contributed by atoms with Gasteiger partial charge in [-0.25, -0.2) is 0 Å². The number of nitro benzene ring substituents is 1. The first kappa shape index (κ1) is 16.2. The molecule has 6 heteroatoms. The molecule has 0 aliphatic heterocycles. The molecule has 19 heavy (non-hydrogen) atoms. The van der Waals surface area contributed by atoms with Gasteiger partial charge in [0.05, 0.1) is 4.92 Å². The zero-order chi connectivity index (χ0) is 13.1. The molecule has 0 radical (unpaired) electrons. The molecule has 0 heterocycles. The molecule has 0 bridgehead atoms. The van der Waals surface area contributed by atoms with E-state index in [0.717, 1.165) is 25.7 Å². The van der Waals surface area contributed by atoms with Gasteiger partial charge in [0.2, 0.25) is 0 Å². The van der Waals surface area contributed by atoms with Crippen molar-refractivity contribution >= 4 is 29.7 Å². The lowest BCUT2D eigenvalue weighted by molar-refractivity contribution is -0.385. The summed E-state index contributed by atoms with van der Waals surface area (Å²) >= 11 is 5.93. The minimum Gasteiger partial charge on any atom is -0.324 e. The van der Waals surface area contributed by atoms with Crippen LogP contribution >= 0.6 is 24.0 Å². The predicted molar refractivity (Wildman–Crippen MR) is 78.9 cm³/mol. The Morgan fingerprint density at radius 2 is 1.95 bits per heavy atom. The second-order valence-corrected chi connectivity index (χ2v) is 5.32. The maximum atomic E-state index is 11.0. The van der Waals surface area contributed by atoms with Crippen LogP contribution in [0.25, 0.3) is 0 Å². The molecule has 1 aliphatic carbocycles. The Kier molecular flexibility index (Phi) is 6.04. The van der Waals surface area contributed by atoms with E-state index in [9.17, 15) is 10.1 Å². The number of hydrogen-bond acceptors (Lipinski definition) is 3. The van der Waals surface area contributed by atoms with E-state index in [-0.39, 0.29) is 29.1 Å². The molecular formula is C13H18Cl2N2O2. The quantitative estimate of drug-likeness (QED) is 0.670. The molecule has 1 atom stereocenters. The average Bonchev–Trinajstić information content (AvgIpc) is 2.38. The van der Waals surface area contributed by atoms with E-state index in [0.29, 0.717) is 16.5 Å². The summed E-state index contributed by atoms with van der Waals surface area (Å²) in [6, 6.07) is 4.33. The third-order valence-electron chi connectivity index (χ3n) is 3.70. The fraction of sp³-hybridized carbons (Fsp3) is 0.538. The van der Waals surface area contributed by atoms with Crippen LogP contribution in [0.15, 0.2) is 18.2 Å². The van der Waals surface area contributed by atoms with E-state index in [2.05, 4.69) is 0 Å². The van der Waals surface area contributed by atoms with Crippen LogP contribution in [-0.4, -0.2) is 4.92 Å². The number of nitrogens with two attached hydrogens (primary N) is 1. The highest BCUT2D eigenvalue weighted by molar-refractivity contribution is 6.30. The second-order valence-electron chi connectivity index (χ2n) is 4.88. The van der Waals surface area contributed by atoms with Gasteiger partial charge in [0, 0.05) is 22.7 Å². The third-order valence-corrected chi connectivity index (χ3v) is 3.94. The van der Waals surface area contributed by atoms with E-state index in [1.165, 1.54) is 18.6 Å². The number of benzene rings is 1. The predicted octanol–water partition coefficient (Wildman–Crippen LogP) is 4.25. The second kappa shape index (κ2) is 7.08. The van der Waals surface area contributed by atoms with Gasteiger partial charge in [0.1, 0.15) is 0 Å². The van der Waals surface area contributed by atoms with Crippen molar-refractivity contribution in [3.05, 3.63) is 38.9 Å². The molecule has 0 spiro atoms. The van der Waals surface area contributed by atoms with Crippen molar-refractivity contribution in [1.29, 1.82) is 0 Å². The van der Waals surface area contributed by atoms with Gasteiger partial charge in [-0.15, -0.1) is 12.4 Å². The summed E-state index contributed by atoms with van der Waals surface area (Å²) in [6.07, 6.45) is 5.65. The van der Waals surface area contributed by atoms with Crippen LogP contribution in [0.4, 0.5) is 5.69 Å². The van der Waals surface area contributed by atoms with Gasteiger partial charge in [0.25, 0.3) is 5.69 Å². The molecule has 1 aromatic rings. The van der Waals surface area contributed by atoms with Gasteiger partial charge in [-0.2, -0.15) is 0 Å². The van der Waals surface area contributed by atoms with Crippen molar-refractivity contribution in [1.82, 2.24) is 0 Å². The fourth-order valence-electron chi connectivity index (χ4n) is 2.71. The van der Waals surface area contributed by atoms with Crippen LogP contribution in [0.5, 0.6) is 0 Å². The highest BCUT2D eigenvalue weighted by Gasteiger charge is 2.27. The summed E-state index contributed by atoms with van der Waals surface area (Å²) in [6.45, 7) is 0. The molecule has 0 amide bonds. The summed E-state index contributed by atoms with van der Waals surface area (Å²) in [7, 11) is 0. The summed E-state index contributed by atoms with van der Waals surface area (Å²) in [5.41, 5.74) is 6.86. The molecule has 0 saturated heterocycles. The number of halogens is 2. The van der Waals surface area contributed by atoms with Crippen LogP contribution in [-0.2, 0) is 0 Å². The van der Waals surface area contributed by atoms with Crippen molar-refractivity contribution in [3.63, 3.8) is 0 Å². The molecule has 106 valence electrons. The topological polar surface area (TPSA) is 69.2 Å². The molecule has 1 aliphatic rings. The maximum Gasteiger partial charge on any atom is 0.274 e. The average molecular weight is 305 g/mol. The molecular weight excluding hydrogens is 287 g/mol. The summed E-state index contributed by atoms with van der Waals surface area (Å²) in [4.78, 5) is 10.6. The number of nitrogens with zero attached hydrogens (tertiary/aromatic N) is 1. The highest BCUT2D eigenvalue weighted by atomic mass is 35.5. The van der Waals surface area contributed by atoms with E-state index in [1.54, 1.807) is 6.07 Å². The smallest absolute Gasteiger partial charge is 0.274 e. The SMILES string of the molecule is Cl.N[C@H](c1cc(Cl)ccc1[N+](=O)[O-])C1CCCCC1. The molecule has 0 aromatic heterocycles. The standard InChI is InChI=1S/C13H17ClN2O2.ClH/c14-10-6-7-12(16(17)18)11(8-10)13(15)9-4-2-1-3-5-9;/h6-9,13H,1-5,15H2;1H/t13-;/m0./s1. The van der Waals surface area contributed by atoms with Crippen LogP contribution in [0.3, 0.4) is 0 Å². The summed E-state index contributed by atoms with van der Waals surface area (Å²) in [5, 5.41) is 11.5. The normalized spacial score (nSPS) is 17.6. The molecule has 2 rings (SSSR count). The monoisotopic (exact) mass is 304 g/mol. The Bertz CT molecular complexity index is 448. The molecule has 2 N–H and O–H groups in total. The first-order valence-corrected chi connectivity index (χ1v) is 6.67. The number of hydrogen-bond donors (Lipinski definition) is 1. The maximum absolute atomic E-state index is 11.0. The lowest BCUT2D eigenvalue weighted by atomic mass is 9.81. The van der Waals surface area contributed by atoms with E-state index in [1.807, 2.05) is 0 Å². The molecule has 0 unspecified atom stereocenters. The number of nitro groups is 1. The van der Waals surface area contributed by atoms with Crippen LogP contribution in [0.1, 0.15) is 43.7 Å². The van der Waals surface area contributed by atoms with E-state index < -0.39 is 0 Å². The van der Waals surface area contributed by atoms with Crippen molar-refractivity contribution in [2.45, 2.75) is 38.1 Å². The Morgan fingerprint density at radius 3 is 2.53 bits per heavy atom.